The van der Waals surface area contributed by atoms with E-state index in [9.17, 15) is 14.9 Å². The molecule has 266 valence electrons. The van der Waals surface area contributed by atoms with Gasteiger partial charge < -0.3 is 38.4 Å². The van der Waals surface area contributed by atoms with Crippen LogP contribution in [0.15, 0.2) is 77.0 Å². The lowest BCUT2D eigenvalue weighted by atomic mass is 10.1. The number of benzene rings is 3. The second kappa shape index (κ2) is 23.2. The fraction of sp³-hybridized carbons (Fsp3) is 0.441. The maximum Gasteiger partial charge on any atom is 0.310 e. The summed E-state index contributed by atoms with van der Waals surface area (Å²) in [7, 11) is 0. The third-order valence-corrected chi connectivity index (χ3v) is 7.06. The van der Waals surface area contributed by atoms with E-state index in [-0.39, 0.29) is 42.9 Å². The molecule has 14 nitrogen and oxygen atoms in total. The summed E-state index contributed by atoms with van der Waals surface area (Å²) >= 11 is 6.09. The Labute approximate surface area is 290 Å². The number of ether oxygens (including phenoxy) is 6. The third kappa shape index (κ3) is 15.7. The number of anilines is 1. The van der Waals surface area contributed by atoms with E-state index in [1.54, 1.807) is 0 Å². The average Bonchev–Trinajstić information content (AvgIpc) is 3.10. The Kier molecular flexibility index (Phi) is 18.6. The van der Waals surface area contributed by atoms with Crippen molar-refractivity contribution in [3.63, 3.8) is 0 Å². The molecule has 0 saturated heterocycles. The molecule has 3 rings (SSSR count). The van der Waals surface area contributed by atoms with E-state index in [1.165, 1.54) is 18.2 Å². The summed E-state index contributed by atoms with van der Waals surface area (Å²) < 4.78 is 32.4. The standard InChI is InChI=1S/C34H43ClN4O10/c1-2-38(29-7-5-28(6-8-29)36-37-33-12-9-30(39(42)43)26-32(33)35)13-15-48-31-10-3-27(4-11-31)25-34(41)49-24-23-47-22-21-46-20-19-45-18-17-44-16-14-40/h3-12,26,40H,2,13-25H2,1H3. The zero-order valence-electron chi connectivity index (χ0n) is 27.5. The Balaban J connectivity index is 1.27. The number of nitro groups is 1. The highest BCUT2D eigenvalue weighted by molar-refractivity contribution is 6.33. The van der Waals surface area contributed by atoms with E-state index in [4.69, 9.17) is 45.1 Å². The van der Waals surface area contributed by atoms with E-state index in [0.29, 0.717) is 76.5 Å². The molecule has 0 spiro atoms. The van der Waals surface area contributed by atoms with Gasteiger partial charge in [0.2, 0.25) is 0 Å². The normalized spacial score (nSPS) is 11.2. The Morgan fingerprint density at radius 2 is 1.43 bits per heavy atom. The lowest BCUT2D eigenvalue weighted by Gasteiger charge is -2.23. The molecule has 0 amide bonds. The summed E-state index contributed by atoms with van der Waals surface area (Å²) in [6.45, 7) is 7.25. The minimum absolute atomic E-state index is 0.000485. The Morgan fingerprint density at radius 1 is 0.816 bits per heavy atom. The van der Waals surface area contributed by atoms with Crippen molar-refractivity contribution in [1.29, 1.82) is 0 Å². The number of halogens is 1. The first-order chi connectivity index (χ1) is 23.9. The van der Waals surface area contributed by atoms with Gasteiger partial charge in [-0.2, -0.15) is 5.11 Å². The number of carbonyl (C=O) groups excluding carboxylic acids is 1. The zero-order valence-corrected chi connectivity index (χ0v) is 28.3. The highest BCUT2D eigenvalue weighted by atomic mass is 35.5. The van der Waals surface area contributed by atoms with Crippen molar-refractivity contribution in [1.82, 2.24) is 0 Å². The fourth-order valence-electron chi connectivity index (χ4n) is 4.24. The van der Waals surface area contributed by atoms with Crippen LogP contribution in [0.3, 0.4) is 0 Å². The van der Waals surface area contributed by atoms with Crippen molar-refractivity contribution in [2.75, 3.05) is 90.7 Å². The highest BCUT2D eigenvalue weighted by Gasteiger charge is 2.10. The quantitative estimate of drug-likeness (QED) is 0.0378. The number of non-ortho nitro benzene ring substituents is 1. The number of aliphatic hydroxyl groups excluding tert-OH is 1. The average molecular weight is 703 g/mol. The minimum Gasteiger partial charge on any atom is -0.492 e. The number of likely N-dealkylation sites (N-methyl/N-ethyl adjacent to an activating group) is 1. The van der Waals surface area contributed by atoms with Crippen molar-refractivity contribution in [2.45, 2.75) is 13.3 Å². The fourth-order valence-corrected chi connectivity index (χ4v) is 4.45. The molecule has 0 saturated carbocycles. The third-order valence-electron chi connectivity index (χ3n) is 6.76. The van der Waals surface area contributed by atoms with Crippen LogP contribution in [0.25, 0.3) is 0 Å². The van der Waals surface area contributed by atoms with Crippen LogP contribution in [0.5, 0.6) is 5.75 Å². The number of hydrogen-bond donors (Lipinski definition) is 1. The van der Waals surface area contributed by atoms with E-state index >= 15 is 0 Å². The van der Waals surface area contributed by atoms with Crippen LogP contribution in [0.1, 0.15) is 12.5 Å². The van der Waals surface area contributed by atoms with E-state index in [1.807, 2.05) is 48.5 Å². The van der Waals surface area contributed by atoms with Crippen LogP contribution < -0.4 is 9.64 Å². The predicted octanol–water partition coefficient (Wildman–Crippen LogP) is 5.71. The van der Waals surface area contributed by atoms with Gasteiger partial charge in [0, 0.05) is 24.4 Å². The second-order valence-corrected chi connectivity index (χ2v) is 10.7. The molecule has 0 atom stereocenters. The zero-order chi connectivity index (χ0) is 35.1. The van der Waals surface area contributed by atoms with Gasteiger partial charge in [-0.1, -0.05) is 23.7 Å². The molecule has 0 aliphatic rings. The lowest BCUT2D eigenvalue weighted by Crippen LogP contribution is -2.27. The van der Waals surface area contributed by atoms with Gasteiger partial charge in [0.15, 0.2) is 0 Å². The Hall–Kier alpha value is -4.18. The molecule has 3 aromatic rings. The summed E-state index contributed by atoms with van der Waals surface area (Å²) in [5.74, 6) is 0.359. The van der Waals surface area contributed by atoms with Crippen LogP contribution in [0.4, 0.5) is 22.7 Å². The predicted molar refractivity (Wildman–Crippen MR) is 184 cm³/mol. The molecular formula is C34H43ClN4O10. The van der Waals surface area contributed by atoms with Crippen molar-refractivity contribution >= 4 is 40.3 Å². The van der Waals surface area contributed by atoms with Crippen LogP contribution in [0, 0.1) is 10.1 Å². The molecule has 0 aliphatic heterocycles. The molecule has 1 N–H and O–H groups in total. The van der Waals surface area contributed by atoms with Crippen LogP contribution in [-0.2, 0) is 34.9 Å². The second-order valence-electron chi connectivity index (χ2n) is 10.3. The Morgan fingerprint density at radius 3 is 2.00 bits per heavy atom. The van der Waals surface area contributed by atoms with Crippen LogP contribution >= 0.6 is 11.6 Å². The Bertz CT molecular complexity index is 1430. The number of aliphatic hydroxyl groups is 1. The van der Waals surface area contributed by atoms with Gasteiger partial charge in [0.05, 0.1) is 88.1 Å². The topological polar surface area (TPSA) is 164 Å². The molecule has 0 unspecified atom stereocenters. The van der Waals surface area contributed by atoms with Crippen LogP contribution in [-0.4, -0.2) is 102 Å². The maximum absolute atomic E-state index is 12.2. The molecular weight excluding hydrogens is 660 g/mol. The largest absolute Gasteiger partial charge is 0.492 e. The highest BCUT2D eigenvalue weighted by Crippen LogP contribution is 2.30. The summed E-state index contributed by atoms with van der Waals surface area (Å²) in [5, 5.41) is 27.9. The lowest BCUT2D eigenvalue weighted by molar-refractivity contribution is -0.384. The van der Waals surface area contributed by atoms with Gasteiger partial charge in [-0.3, -0.25) is 14.9 Å². The van der Waals surface area contributed by atoms with Crippen molar-refractivity contribution in [2.24, 2.45) is 10.2 Å². The summed E-state index contributed by atoms with van der Waals surface area (Å²) in [6, 6.07) is 18.9. The minimum atomic E-state index is -0.519. The number of nitro benzene ring substituents is 1. The molecule has 0 heterocycles. The number of rotatable bonds is 25. The maximum atomic E-state index is 12.2. The van der Waals surface area contributed by atoms with Gasteiger partial charge in [0.25, 0.3) is 5.69 Å². The molecule has 0 aromatic heterocycles. The molecule has 0 radical (unpaired) electrons. The molecule has 3 aromatic carbocycles. The molecule has 15 heteroatoms. The van der Waals surface area contributed by atoms with E-state index in [2.05, 4.69) is 22.1 Å². The first kappa shape index (κ1) is 39.3. The number of carbonyl (C=O) groups is 1. The van der Waals surface area contributed by atoms with Gasteiger partial charge in [-0.25, -0.2) is 0 Å². The van der Waals surface area contributed by atoms with Gasteiger partial charge >= 0.3 is 5.97 Å². The number of esters is 1. The summed E-state index contributed by atoms with van der Waals surface area (Å²) in [5.41, 5.74) is 2.65. The van der Waals surface area contributed by atoms with Gasteiger partial charge in [-0.05, 0) is 55.0 Å². The number of nitrogens with zero attached hydrogens (tertiary/aromatic N) is 4. The number of hydrogen-bond acceptors (Lipinski definition) is 13. The summed E-state index contributed by atoms with van der Waals surface area (Å²) in [6.07, 6.45) is 0.147. The van der Waals surface area contributed by atoms with E-state index in [0.717, 1.165) is 17.8 Å². The monoisotopic (exact) mass is 702 g/mol. The first-order valence-electron chi connectivity index (χ1n) is 15.9. The molecule has 49 heavy (non-hydrogen) atoms. The molecule has 0 fully saturated rings. The van der Waals surface area contributed by atoms with E-state index < -0.39 is 4.92 Å². The van der Waals surface area contributed by atoms with Crippen molar-refractivity contribution < 1.29 is 43.2 Å². The summed E-state index contributed by atoms with van der Waals surface area (Å²) in [4.78, 5) is 24.7. The molecule has 0 bridgehead atoms. The molecule has 0 aliphatic carbocycles. The SMILES string of the molecule is CCN(CCOc1ccc(CC(=O)OCCOCCOCCOCCOCCO)cc1)c1ccc(N=Nc2ccc([N+](=O)[O-])cc2Cl)cc1. The first-order valence-corrected chi connectivity index (χ1v) is 16.3. The van der Waals surface area contributed by atoms with Crippen LogP contribution in [0.2, 0.25) is 5.02 Å². The number of azo groups is 1. The van der Waals surface area contributed by atoms with Crippen molar-refractivity contribution in [3.8, 4) is 5.75 Å². The van der Waals surface area contributed by atoms with Crippen molar-refractivity contribution in [3.05, 3.63) is 87.4 Å². The van der Waals surface area contributed by atoms with Gasteiger partial charge in [0.1, 0.15) is 24.7 Å². The van der Waals surface area contributed by atoms with Gasteiger partial charge in [-0.15, -0.1) is 5.11 Å². The smallest absolute Gasteiger partial charge is 0.310 e.